The van der Waals surface area contributed by atoms with Crippen LogP contribution in [0.3, 0.4) is 0 Å². The van der Waals surface area contributed by atoms with Crippen LogP contribution in [0.2, 0.25) is 5.02 Å². The van der Waals surface area contributed by atoms with E-state index < -0.39 is 15.8 Å². The number of alkyl halides is 1. The number of rotatable bonds is 12. The summed E-state index contributed by atoms with van der Waals surface area (Å²) in [5.74, 6) is 1.44. The molecule has 0 radical (unpaired) electrons. The summed E-state index contributed by atoms with van der Waals surface area (Å²) in [6.07, 6.45) is 4.10. The second kappa shape index (κ2) is 16.1. The van der Waals surface area contributed by atoms with Gasteiger partial charge in [0.25, 0.3) is 0 Å². The van der Waals surface area contributed by atoms with Crippen LogP contribution in [0.5, 0.6) is 5.75 Å². The molecule has 0 aromatic heterocycles. The van der Waals surface area contributed by atoms with Crippen molar-refractivity contribution >= 4 is 71.1 Å². The highest BCUT2D eigenvalue weighted by Gasteiger charge is 2.31. The number of methoxy groups -OCH3 is 2. The third-order valence-corrected chi connectivity index (χ3v) is 12.7. The van der Waals surface area contributed by atoms with Gasteiger partial charge in [-0.3, -0.25) is 0 Å². The third-order valence-electron chi connectivity index (χ3n) is 7.23. The normalized spacial score (nSPS) is 12.0. The average molecular weight is 668 g/mol. The van der Waals surface area contributed by atoms with E-state index >= 15 is 0 Å². The third kappa shape index (κ3) is 7.44. The molecule has 0 fully saturated rings. The number of hydrogen-bond donors (Lipinski definition) is 0. The van der Waals surface area contributed by atoms with Crippen LogP contribution in [0.4, 0.5) is 0 Å². The number of allylic oxidation sites excluding steroid dienone is 4. The molecule has 0 N–H and O–H groups in total. The van der Waals surface area contributed by atoms with E-state index in [1.54, 1.807) is 14.2 Å². The fraction of sp³-hybridized carbons (Fsp3) is 0.0769. The molecule has 0 amide bonds. The highest BCUT2D eigenvalue weighted by Crippen LogP contribution is 2.52. The van der Waals surface area contributed by atoms with Gasteiger partial charge >= 0.3 is 0 Å². The highest BCUT2D eigenvalue weighted by molar-refractivity contribution is 7.80. The summed E-state index contributed by atoms with van der Waals surface area (Å²) in [4.78, 5) is 0. The number of halogens is 2. The lowest BCUT2D eigenvalue weighted by molar-refractivity contribution is 0.312. The maximum absolute atomic E-state index is 6.97. The number of hydrogen-bond acceptors (Lipinski definition) is 2. The van der Waals surface area contributed by atoms with Gasteiger partial charge in [0.05, 0.1) is 19.2 Å². The van der Waals surface area contributed by atoms with Gasteiger partial charge in [-0.15, -0.1) is 11.6 Å². The maximum atomic E-state index is 6.97. The molecule has 5 aromatic rings. The van der Waals surface area contributed by atoms with Crippen LogP contribution in [-0.4, -0.2) is 20.1 Å². The van der Waals surface area contributed by atoms with E-state index in [1.807, 2.05) is 36.4 Å². The van der Waals surface area contributed by atoms with Crippen LogP contribution in [0.1, 0.15) is 5.56 Å². The molecule has 226 valence electrons. The van der Waals surface area contributed by atoms with E-state index in [-0.39, 0.29) is 0 Å². The van der Waals surface area contributed by atoms with Crippen molar-refractivity contribution in [3.63, 3.8) is 0 Å². The first-order valence-electron chi connectivity index (χ1n) is 14.5. The zero-order chi connectivity index (χ0) is 31.6. The van der Waals surface area contributed by atoms with E-state index in [0.29, 0.717) is 22.4 Å². The van der Waals surface area contributed by atoms with Gasteiger partial charge in [-0.2, -0.15) is 0 Å². The van der Waals surface area contributed by atoms with Crippen molar-refractivity contribution in [1.29, 1.82) is 0 Å². The molecule has 6 heteroatoms. The Kier molecular flexibility index (Phi) is 11.7. The minimum absolute atomic E-state index is 0.350. The Labute approximate surface area is 279 Å². The van der Waals surface area contributed by atoms with Gasteiger partial charge < -0.3 is 9.47 Å². The van der Waals surface area contributed by atoms with Gasteiger partial charge in [-0.1, -0.05) is 158 Å². The molecule has 0 heterocycles. The van der Waals surface area contributed by atoms with Gasteiger partial charge in [0, 0.05) is 17.0 Å². The van der Waals surface area contributed by atoms with Crippen molar-refractivity contribution in [2.24, 2.45) is 0 Å². The molecule has 0 unspecified atom stereocenters. The second-order valence-electron chi connectivity index (χ2n) is 9.93. The van der Waals surface area contributed by atoms with Crippen LogP contribution in [0.25, 0.3) is 5.57 Å². The highest BCUT2D eigenvalue weighted by atomic mass is 35.5. The van der Waals surface area contributed by atoms with Crippen LogP contribution in [0, 0.1) is 0 Å². The van der Waals surface area contributed by atoms with E-state index in [2.05, 4.69) is 116 Å². The summed E-state index contributed by atoms with van der Waals surface area (Å²) < 4.78 is 12.2. The number of benzene rings is 5. The summed E-state index contributed by atoms with van der Waals surface area (Å²) in [6, 6.07) is 46.4. The minimum Gasteiger partial charge on any atom is -0.497 e. The topological polar surface area (TPSA) is 18.5 Å². The number of ether oxygens (including phenoxy) is 2. The summed E-state index contributed by atoms with van der Waals surface area (Å²) in [5.41, 5.74) is 1.70. The molecule has 0 bridgehead atoms. The van der Waals surface area contributed by atoms with Crippen LogP contribution in [0.15, 0.2) is 163 Å². The van der Waals surface area contributed by atoms with Crippen LogP contribution >= 0.6 is 39.0 Å². The molecule has 5 aromatic carbocycles. The van der Waals surface area contributed by atoms with Crippen molar-refractivity contribution in [2.45, 2.75) is 0 Å². The molecular weight excluding hydrogens is 633 g/mol. The van der Waals surface area contributed by atoms with Gasteiger partial charge in [0.2, 0.25) is 0 Å². The molecule has 0 aliphatic carbocycles. The molecule has 0 saturated carbocycles. The Hall–Kier alpha value is -3.64. The van der Waals surface area contributed by atoms with Crippen molar-refractivity contribution in [3.05, 3.63) is 174 Å². The predicted octanol–water partition coefficient (Wildman–Crippen LogP) is 8.91. The van der Waals surface area contributed by atoms with Crippen molar-refractivity contribution < 1.29 is 9.47 Å². The first kappa shape index (κ1) is 32.7. The molecule has 0 saturated heterocycles. The van der Waals surface area contributed by atoms with E-state index in [0.717, 1.165) is 21.8 Å². The Morgan fingerprint density at radius 3 is 1.58 bits per heavy atom. The van der Waals surface area contributed by atoms with Gasteiger partial charge in [-0.05, 0) is 53.7 Å². The molecular formula is C39H34Cl2O2P2. The summed E-state index contributed by atoms with van der Waals surface area (Å²) >= 11 is 13.3. The smallest absolute Gasteiger partial charge is 0.146 e. The largest absolute Gasteiger partial charge is 0.497 e. The fourth-order valence-electron chi connectivity index (χ4n) is 5.28. The Morgan fingerprint density at radius 2 is 1.16 bits per heavy atom. The van der Waals surface area contributed by atoms with E-state index in [9.17, 15) is 0 Å². The predicted molar refractivity (Wildman–Crippen MR) is 199 cm³/mol. The standard InChI is InChI=1S/C39H34Cl2O2P2/c1-29(42-2)37(35(25-16-28-40)44(30-17-8-4-9-18-30)31-19-10-5-11-20-31)38-36(27-26-34(41)39(38)43-3)45(32-21-12-6-13-22-32)33-23-14-7-15-24-33/h4-27H,1,28H2,2-3H3/b25-16-,37-35-. The second-order valence-corrected chi connectivity index (χ2v) is 15.0. The first-order chi connectivity index (χ1) is 22.1. The lowest BCUT2D eigenvalue weighted by Gasteiger charge is -2.29. The lowest BCUT2D eigenvalue weighted by Crippen LogP contribution is -2.24. The van der Waals surface area contributed by atoms with Crippen molar-refractivity contribution in [1.82, 2.24) is 0 Å². The van der Waals surface area contributed by atoms with Gasteiger partial charge in [0.1, 0.15) is 11.5 Å². The molecule has 0 aliphatic heterocycles. The first-order valence-corrected chi connectivity index (χ1v) is 18.1. The molecule has 0 aliphatic rings. The Bertz CT molecular complexity index is 1700. The summed E-state index contributed by atoms with van der Waals surface area (Å²) in [6.45, 7) is 4.47. The zero-order valence-electron chi connectivity index (χ0n) is 25.2. The lowest BCUT2D eigenvalue weighted by atomic mass is 10.0. The summed E-state index contributed by atoms with van der Waals surface area (Å²) in [7, 11) is 1.19. The van der Waals surface area contributed by atoms with Gasteiger partial charge in [-0.25, -0.2) is 0 Å². The minimum atomic E-state index is -1.09. The zero-order valence-corrected chi connectivity index (χ0v) is 28.5. The van der Waals surface area contributed by atoms with Gasteiger partial charge in [0.15, 0.2) is 0 Å². The Morgan fingerprint density at radius 1 is 0.689 bits per heavy atom. The van der Waals surface area contributed by atoms with Crippen LogP contribution in [-0.2, 0) is 4.74 Å². The van der Waals surface area contributed by atoms with E-state index in [1.165, 1.54) is 21.2 Å². The quantitative estimate of drug-likeness (QED) is 0.0573. The summed E-state index contributed by atoms with van der Waals surface area (Å²) in [5, 5.41) is 7.42. The molecule has 0 spiro atoms. The molecule has 45 heavy (non-hydrogen) atoms. The molecule has 5 rings (SSSR count). The molecule has 0 atom stereocenters. The molecule has 2 nitrogen and oxygen atoms in total. The van der Waals surface area contributed by atoms with Crippen LogP contribution < -0.4 is 31.3 Å². The Balaban J connectivity index is 1.95. The monoisotopic (exact) mass is 666 g/mol. The average Bonchev–Trinajstić information content (AvgIpc) is 3.10. The van der Waals surface area contributed by atoms with Crippen molar-refractivity contribution in [3.8, 4) is 5.75 Å². The van der Waals surface area contributed by atoms with E-state index in [4.69, 9.17) is 32.7 Å². The maximum Gasteiger partial charge on any atom is 0.146 e. The fourth-order valence-corrected chi connectivity index (χ4v) is 10.6. The SMILES string of the molecule is C=C(OC)/C(=C(\C=C/CCl)P(c1ccccc1)c1ccccc1)c1c(P(c2ccccc2)c2ccccc2)ccc(Cl)c1OC. The van der Waals surface area contributed by atoms with Crippen molar-refractivity contribution in [2.75, 3.05) is 20.1 Å².